The zero-order valence-electron chi connectivity index (χ0n) is 8.46. The van der Waals surface area contributed by atoms with Crippen LogP contribution in [0.1, 0.15) is 33.6 Å². The molecule has 1 aliphatic carbocycles. The lowest BCUT2D eigenvalue weighted by molar-refractivity contribution is 0.471. The summed E-state index contributed by atoms with van der Waals surface area (Å²) in [5.41, 5.74) is 5.76. The molecule has 0 radical (unpaired) electrons. The van der Waals surface area contributed by atoms with Gasteiger partial charge in [0, 0.05) is 13.1 Å². The number of nitrogens with zero attached hydrogens (tertiary/aromatic N) is 2. The molecule has 0 bridgehead atoms. The summed E-state index contributed by atoms with van der Waals surface area (Å²) in [5, 5.41) is 0. The Morgan fingerprint density at radius 2 is 1.92 bits per heavy atom. The van der Waals surface area contributed by atoms with Crippen molar-refractivity contribution in [1.82, 2.24) is 4.90 Å². The SMILES string of the molecule is CN(C(N)=NC(C)(C)C)C1CC1. The van der Waals surface area contributed by atoms with Crippen LogP contribution in [0.3, 0.4) is 0 Å². The number of aliphatic imine (C=N–C) groups is 1. The van der Waals surface area contributed by atoms with Crippen molar-refractivity contribution >= 4 is 5.96 Å². The summed E-state index contributed by atoms with van der Waals surface area (Å²) in [7, 11) is 2.02. The normalized spacial score (nSPS) is 19.5. The third-order valence-corrected chi connectivity index (χ3v) is 1.91. The minimum Gasteiger partial charge on any atom is -0.370 e. The Morgan fingerprint density at radius 1 is 1.42 bits per heavy atom. The van der Waals surface area contributed by atoms with Crippen LogP contribution in [0, 0.1) is 0 Å². The van der Waals surface area contributed by atoms with Crippen LogP contribution < -0.4 is 5.73 Å². The summed E-state index contributed by atoms with van der Waals surface area (Å²) in [6.45, 7) is 6.17. The Balaban J connectivity index is 2.55. The van der Waals surface area contributed by atoms with Gasteiger partial charge in [-0.25, -0.2) is 4.99 Å². The molecular formula is C9H19N3. The summed E-state index contributed by atoms with van der Waals surface area (Å²) in [6.07, 6.45) is 2.52. The molecule has 0 aromatic carbocycles. The predicted molar refractivity (Wildman–Crippen MR) is 52.2 cm³/mol. The van der Waals surface area contributed by atoms with Crippen LogP contribution in [-0.2, 0) is 0 Å². The molecule has 12 heavy (non-hydrogen) atoms. The van der Waals surface area contributed by atoms with Gasteiger partial charge < -0.3 is 10.6 Å². The zero-order valence-corrected chi connectivity index (χ0v) is 8.46. The Labute approximate surface area is 74.6 Å². The first-order valence-electron chi connectivity index (χ1n) is 4.48. The van der Waals surface area contributed by atoms with E-state index in [1.807, 2.05) is 7.05 Å². The maximum Gasteiger partial charge on any atom is 0.191 e. The Morgan fingerprint density at radius 3 is 2.25 bits per heavy atom. The molecule has 2 N–H and O–H groups in total. The van der Waals surface area contributed by atoms with E-state index in [0.717, 1.165) is 0 Å². The average molecular weight is 169 g/mol. The molecule has 0 atom stereocenters. The predicted octanol–water partition coefficient (Wildman–Crippen LogP) is 1.19. The first kappa shape index (κ1) is 9.36. The highest BCUT2D eigenvalue weighted by Crippen LogP contribution is 2.25. The molecule has 1 fully saturated rings. The lowest BCUT2D eigenvalue weighted by Crippen LogP contribution is -2.37. The van der Waals surface area contributed by atoms with Gasteiger partial charge in [-0.05, 0) is 33.6 Å². The van der Waals surface area contributed by atoms with Gasteiger partial charge in [0.25, 0.3) is 0 Å². The maximum atomic E-state index is 5.82. The number of rotatable bonds is 1. The minimum atomic E-state index is -0.0623. The monoisotopic (exact) mass is 169 g/mol. The van der Waals surface area contributed by atoms with Gasteiger partial charge in [0.15, 0.2) is 5.96 Å². The van der Waals surface area contributed by atoms with Crippen LogP contribution in [0.2, 0.25) is 0 Å². The first-order valence-corrected chi connectivity index (χ1v) is 4.48. The molecule has 0 aliphatic heterocycles. The van der Waals surface area contributed by atoms with E-state index in [1.165, 1.54) is 12.8 Å². The van der Waals surface area contributed by atoms with Crippen molar-refractivity contribution < 1.29 is 0 Å². The smallest absolute Gasteiger partial charge is 0.191 e. The van der Waals surface area contributed by atoms with E-state index in [2.05, 4.69) is 30.7 Å². The minimum absolute atomic E-state index is 0.0623. The molecule has 1 aliphatic rings. The van der Waals surface area contributed by atoms with Gasteiger partial charge in [0.2, 0.25) is 0 Å². The maximum absolute atomic E-state index is 5.82. The Kier molecular flexibility index (Phi) is 2.31. The third kappa shape index (κ3) is 2.72. The molecule has 0 aromatic rings. The Bertz CT molecular complexity index is 186. The fourth-order valence-corrected chi connectivity index (χ4v) is 1.07. The highest BCUT2D eigenvalue weighted by molar-refractivity contribution is 5.78. The van der Waals surface area contributed by atoms with Crippen LogP contribution >= 0.6 is 0 Å². The Hall–Kier alpha value is -0.730. The summed E-state index contributed by atoms with van der Waals surface area (Å²) >= 11 is 0. The number of nitrogens with two attached hydrogens (primary N) is 1. The standard InChI is InChI=1S/C9H19N3/c1-9(2,3)11-8(10)12(4)7-5-6-7/h7H,5-6H2,1-4H3,(H2,10,11). The highest BCUT2D eigenvalue weighted by atomic mass is 15.3. The summed E-state index contributed by atoms with van der Waals surface area (Å²) in [5.74, 6) is 0.671. The molecule has 0 saturated heterocycles. The van der Waals surface area contributed by atoms with Crippen molar-refractivity contribution in [2.75, 3.05) is 7.05 Å². The summed E-state index contributed by atoms with van der Waals surface area (Å²) in [4.78, 5) is 6.47. The van der Waals surface area contributed by atoms with E-state index in [4.69, 9.17) is 5.73 Å². The van der Waals surface area contributed by atoms with Gasteiger partial charge in [0.05, 0.1) is 5.54 Å². The second kappa shape index (κ2) is 2.96. The van der Waals surface area contributed by atoms with Gasteiger partial charge in [-0.1, -0.05) is 0 Å². The number of hydrogen-bond donors (Lipinski definition) is 1. The van der Waals surface area contributed by atoms with Crippen molar-refractivity contribution in [2.24, 2.45) is 10.7 Å². The second-order valence-electron chi connectivity index (χ2n) is 4.48. The molecule has 0 unspecified atom stereocenters. The highest BCUT2D eigenvalue weighted by Gasteiger charge is 2.27. The summed E-state index contributed by atoms with van der Waals surface area (Å²) in [6, 6.07) is 0.649. The van der Waals surface area contributed by atoms with Crippen molar-refractivity contribution in [3.63, 3.8) is 0 Å². The van der Waals surface area contributed by atoms with Crippen molar-refractivity contribution in [3.8, 4) is 0 Å². The molecule has 3 nitrogen and oxygen atoms in total. The van der Waals surface area contributed by atoms with Crippen LogP contribution in [0.5, 0.6) is 0 Å². The molecule has 0 heterocycles. The van der Waals surface area contributed by atoms with E-state index in [-0.39, 0.29) is 5.54 Å². The largest absolute Gasteiger partial charge is 0.370 e. The van der Waals surface area contributed by atoms with Crippen LogP contribution in [0.4, 0.5) is 0 Å². The number of hydrogen-bond acceptors (Lipinski definition) is 1. The van der Waals surface area contributed by atoms with Gasteiger partial charge >= 0.3 is 0 Å². The van der Waals surface area contributed by atoms with E-state index >= 15 is 0 Å². The van der Waals surface area contributed by atoms with E-state index in [1.54, 1.807) is 0 Å². The van der Waals surface area contributed by atoms with E-state index in [0.29, 0.717) is 12.0 Å². The first-order chi connectivity index (χ1) is 5.40. The lowest BCUT2D eigenvalue weighted by atomic mass is 10.1. The molecular weight excluding hydrogens is 150 g/mol. The zero-order chi connectivity index (χ0) is 9.35. The molecule has 3 heteroatoms. The van der Waals surface area contributed by atoms with Gasteiger partial charge in [-0.3, -0.25) is 0 Å². The molecule has 0 amide bonds. The molecule has 1 saturated carbocycles. The van der Waals surface area contributed by atoms with Crippen molar-refractivity contribution in [2.45, 2.75) is 45.2 Å². The van der Waals surface area contributed by atoms with E-state index < -0.39 is 0 Å². The van der Waals surface area contributed by atoms with Gasteiger partial charge in [-0.2, -0.15) is 0 Å². The van der Waals surface area contributed by atoms with Gasteiger partial charge in [0.1, 0.15) is 0 Å². The quantitative estimate of drug-likeness (QED) is 0.473. The van der Waals surface area contributed by atoms with Crippen LogP contribution in [0.15, 0.2) is 4.99 Å². The van der Waals surface area contributed by atoms with Crippen LogP contribution in [0.25, 0.3) is 0 Å². The molecule has 0 spiro atoms. The van der Waals surface area contributed by atoms with E-state index in [9.17, 15) is 0 Å². The molecule has 70 valence electrons. The summed E-state index contributed by atoms with van der Waals surface area (Å²) < 4.78 is 0. The fourth-order valence-electron chi connectivity index (χ4n) is 1.07. The lowest BCUT2D eigenvalue weighted by Gasteiger charge is -2.21. The molecule has 0 aromatic heterocycles. The second-order valence-corrected chi connectivity index (χ2v) is 4.48. The molecule has 1 rings (SSSR count). The third-order valence-electron chi connectivity index (χ3n) is 1.91. The van der Waals surface area contributed by atoms with Crippen molar-refractivity contribution in [3.05, 3.63) is 0 Å². The van der Waals surface area contributed by atoms with Crippen LogP contribution in [-0.4, -0.2) is 29.5 Å². The topological polar surface area (TPSA) is 41.6 Å². The van der Waals surface area contributed by atoms with Crippen molar-refractivity contribution in [1.29, 1.82) is 0 Å². The fraction of sp³-hybridized carbons (Fsp3) is 0.889. The van der Waals surface area contributed by atoms with Gasteiger partial charge in [-0.15, -0.1) is 0 Å². The average Bonchev–Trinajstić information content (AvgIpc) is 2.62. The number of guanidine groups is 1.